The van der Waals surface area contributed by atoms with Crippen LogP contribution >= 0.6 is 11.8 Å². The Bertz CT molecular complexity index is 1150. The Balaban J connectivity index is 1.57. The summed E-state index contributed by atoms with van der Waals surface area (Å²) in [5.74, 6) is 0.576. The quantitative estimate of drug-likeness (QED) is 0.372. The van der Waals surface area contributed by atoms with Gasteiger partial charge in [0.2, 0.25) is 0 Å². The molecule has 11 heteroatoms. The molecule has 2 aromatic heterocycles. The second kappa shape index (κ2) is 7.17. The van der Waals surface area contributed by atoms with Gasteiger partial charge in [0.25, 0.3) is 5.91 Å². The number of urea groups is 1. The molecule has 0 spiro atoms. The van der Waals surface area contributed by atoms with E-state index in [1.807, 2.05) is 12.1 Å². The number of methoxy groups -OCH3 is 1. The molecule has 10 nitrogen and oxygen atoms in total. The van der Waals surface area contributed by atoms with Gasteiger partial charge < -0.3 is 15.4 Å². The molecule has 154 valence electrons. The smallest absolute Gasteiger partial charge is 0.344 e. The zero-order chi connectivity index (χ0) is 20.8. The number of hydrogen-bond donors (Lipinski definition) is 3. The number of hydrogen-bond acceptors (Lipinski definition) is 8. The Hall–Kier alpha value is -3.34. The van der Waals surface area contributed by atoms with Crippen LogP contribution in [0.25, 0.3) is 11.7 Å². The highest BCUT2D eigenvalue weighted by Crippen LogP contribution is 2.37. The molecule has 0 aromatic carbocycles. The molecule has 5 rings (SSSR count). The molecule has 3 amide bonds. The van der Waals surface area contributed by atoms with E-state index in [1.54, 1.807) is 16.8 Å². The van der Waals surface area contributed by atoms with E-state index in [0.717, 1.165) is 24.4 Å². The average Bonchev–Trinajstić information content (AvgIpc) is 3.12. The van der Waals surface area contributed by atoms with Crippen molar-refractivity contribution in [2.45, 2.75) is 24.8 Å². The molecule has 1 atom stereocenters. The SMILES string of the molecule is COC(=O)C1=CC(c2cc(NC3CC3)n3ncc(/C=C4\NC(=O)NC4=O)c3n2)CS1. The summed E-state index contributed by atoms with van der Waals surface area (Å²) in [6.45, 7) is 0. The van der Waals surface area contributed by atoms with Crippen LogP contribution in [0.3, 0.4) is 0 Å². The lowest BCUT2D eigenvalue weighted by atomic mass is 10.1. The van der Waals surface area contributed by atoms with Crippen molar-refractivity contribution in [3.05, 3.63) is 40.2 Å². The van der Waals surface area contributed by atoms with Crippen LogP contribution in [0.5, 0.6) is 0 Å². The highest BCUT2D eigenvalue weighted by Gasteiger charge is 2.28. The molecule has 2 aromatic rings. The third-order valence-electron chi connectivity index (χ3n) is 5.01. The van der Waals surface area contributed by atoms with Crippen LogP contribution < -0.4 is 16.0 Å². The summed E-state index contributed by atoms with van der Waals surface area (Å²) in [7, 11) is 1.36. The number of allylic oxidation sites excluding steroid dienone is 1. The van der Waals surface area contributed by atoms with Crippen LogP contribution in [0.2, 0.25) is 0 Å². The number of aromatic nitrogens is 3. The van der Waals surface area contributed by atoms with Crippen LogP contribution in [0, 0.1) is 0 Å². The number of carbonyl (C=O) groups excluding carboxylic acids is 3. The second-order valence-electron chi connectivity index (χ2n) is 7.23. The lowest BCUT2D eigenvalue weighted by Gasteiger charge is -2.12. The van der Waals surface area contributed by atoms with Crippen molar-refractivity contribution in [3.8, 4) is 0 Å². The predicted molar refractivity (Wildman–Crippen MR) is 110 cm³/mol. The first-order valence-corrected chi connectivity index (χ1v) is 10.4. The van der Waals surface area contributed by atoms with Gasteiger partial charge in [-0.2, -0.15) is 9.61 Å². The molecule has 1 unspecified atom stereocenters. The molecule has 2 fully saturated rings. The minimum absolute atomic E-state index is 0.0567. The van der Waals surface area contributed by atoms with Crippen molar-refractivity contribution in [2.24, 2.45) is 0 Å². The maximum atomic E-state index is 11.9. The van der Waals surface area contributed by atoms with Crippen LogP contribution in [0.4, 0.5) is 10.6 Å². The molecule has 1 aliphatic carbocycles. The van der Waals surface area contributed by atoms with Crippen molar-refractivity contribution in [1.82, 2.24) is 25.2 Å². The zero-order valence-corrected chi connectivity index (χ0v) is 16.8. The molecular formula is C19H18N6O4S. The number of carbonyl (C=O) groups is 3. The summed E-state index contributed by atoms with van der Waals surface area (Å²) in [6, 6.07) is 1.78. The number of nitrogens with zero attached hydrogens (tertiary/aromatic N) is 3. The number of ether oxygens (including phenoxy) is 1. The maximum Gasteiger partial charge on any atom is 0.344 e. The van der Waals surface area contributed by atoms with E-state index in [-0.39, 0.29) is 17.6 Å². The van der Waals surface area contributed by atoms with Gasteiger partial charge in [-0.25, -0.2) is 14.6 Å². The van der Waals surface area contributed by atoms with Gasteiger partial charge in [-0.05, 0) is 18.9 Å². The standard InChI is InChI=1S/C19H18N6O4S/c1-29-18(27)14-5-10(8-30-14)12-6-15(21-11-2-3-11)25-16(22-12)9(7-20-25)4-13-17(26)24-19(28)23-13/h4-7,10-11,21H,2-3,8H2,1H3,(H2,23,24,26,28)/b13-4-. The van der Waals surface area contributed by atoms with Crippen molar-refractivity contribution < 1.29 is 19.1 Å². The predicted octanol–water partition coefficient (Wildman–Crippen LogP) is 1.37. The van der Waals surface area contributed by atoms with Gasteiger partial charge in [0.15, 0.2) is 5.65 Å². The number of anilines is 1. The number of amides is 3. The topological polar surface area (TPSA) is 127 Å². The number of rotatable bonds is 5. The van der Waals surface area contributed by atoms with E-state index in [1.165, 1.54) is 18.9 Å². The number of imide groups is 1. The molecule has 4 heterocycles. The molecular weight excluding hydrogens is 408 g/mol. The van der Waals surface area contributed by atoms with Crippen molar-refractivity contribution >= 4 is 47.2 Å². The maximum absolute atomic E-state index is 11.9. The Labute approximate surface area is 175 Å². The van der Waals surface area contributed by atoms with Gasteiger partial charge >= 0.3 is 12.0 Å². The van der Waals surface area contributed by atoms with Crippen LogP contribution in [0.1, 0.15) is 30.0 Å². The third-order valence-corrected chi connectivity index (χ3v) is 6.14. The van der Waals surface area contributed by atoms with Gasteiger partial charge in [-0.15, -0.1) is 11.8 Å². The number of fused-ring (bicyclic) bond motifs is 1. The summed E-state index contributed by atoms with van der Waals surface area (Å²) in [6.07, 6.45) is 7.22. The van der Waals surface area contributed by atoms with E-state index < -0.39 is 11.9 Å². The first-order chi connectivity index (χ1) is 14.5. The lowest BCUT2D eigenvalue weighted by molar-refractivity contribution is -0.135. The highest BCUT2D eigenvalue weighted by atomic mass is 32.2. The fourth-order valence-electron chi connectivity index (χ4n) is 3.32. The van der Waals surface area contributed by atoms with E-state index in [4.69, 9.17) is 9.72 Å². The van der Waals surface area contributed by atoms with Gasteiger partial charge in [0, 0.05) is 29.3 Å². The van der Waals surface area contributed by atoms with Crippen molar-refractivity contribution in [1.29, 1.82) is 0 Å². The summed E-state index contributed by atoms with van der Waals surface area (Å²) in [5.41, 5.74) is 2.09. The first-order valence-electron chi connectivity index (χ1n) is 9.44. The van der Waals surface area contributed by atoms with Gasteiger partial charge in [0.05, 0.1) is 23.9 Å². The summed E-state index contributed by atoms with van der Waals surface area (Å²) in [5, 5.41) is 12.5. The average molecular weight is 426 g/mol. The first kappa shape index (κ1) is 18.7. The molecule has 0 bridgehead atoms. The monoisotopic (exact) mass is 426 g/mol. The Kier molecular flexibility index (Phi) is 4.46. The zero-order valence-electron chi connectivity index (χ0n) is 16.0. The molecule has 3 N–H and O–H groups in total. The van der Waals surface area contributed by atoms with Gasteiger partial charge in [0.1, 0.15) is 11.5 Å². The number of esters is 1. The minimum atomic E-state index is -0.559. The minimum Gasteiger partial charge on any atom is -0.465 e. The van der Waals surface area contributed by atoms with Crippen LogP contribution in [0.15, 0.2) is 28.9 Å². The van der Waals surface area contributed by atoms with Gasteiger partial charge in [-0.1, -0.05) is 6.08 Å². The van der Waals surface area contributed by atoms with Crippen LogP contribution in [-0.4, -0.2) is 51.4 Å². The summed E-state index contributed by atoms with van der Waals surface area (Å²) >= 11 is 1.44. The fourth-order valence-corrected chi connectivity index (χ4v) is 4.41. The van der Waals surface area contributed by atoms with E-state index in [9.17, 15) is 14.4 Å². The van der Waals surface area contributed by atoms with E-state index in [2.05, 4.69) is 21.0 Å². The summed E-state index contributed by atoms with van der Waals surface area (Å²) < 4.78 is 6.51. The highest BCUT2D eigenvalue weighted by molar-refractivity contribution is 8.04. The molecule has 1 saturated carbocycles. The lowest BCUT2D eigenvalue weighted by Crippen LogP contribution is -2.22. The normalized spacial score (nSPS) is 22.2. The molecule has 1 saturated heterocycles. The Morgan fingerprint density at radius 1 is 1.37 bits per heavy atom. The second-order valence-corrected chi connectivity index (χ2v) is 8.29. The Morgan fingerprint density at radius 3 is 2.90 bits per heavy atom. The van der Waals surface area contributed by atoms with Crippen LogP contribution in [-0.2, 0) is 14.3 Å². The molecule has 30 heavy (non-hydrogen) atoms. The fraction of sp³-hybridized carbons (Fsp3) is 0.316. The Morgan fingerprint density at radius 2 is 2.20 bits per heavy atom. The number of thioether (sulfide) groups is 1. The molecule has 2 aliphatic heterocycles. The van der Waals surface area contributed by atoms with Crippen molar-refractivity contribution in [2.75, 3.05) is 18.2 Å². The van der Waals surface area contributed by atoms with E-state index >= 15 is 0 Å². The largest absolute Gasteiger partial charge is 0.465 e. The van der Waals surface area contributed by atoms with Crippen molar-refractivity contribution in [3.63, 3.8) is 0 Å². The number of nitrogens with one attached hydrogen (secondary N) is 3. The molecule has 0 radical (unpaired) electrons. The third kappa shape index (κ3) is 3.41. The summed E-state index contributed by atoms with van der Waals surface area (Å²) in [4.78, 5) is 40.5. The molecule has 3 aliphatic rings. The van der Waals surface area contributed by atoms with Gasteiger partial charge in [-0.3, -0.25) is 10.1 Å². The van der Waals surface area contributed by atoms with E-state index in [0.29, 0.717) is 27.9 Å².